The summed E-state index contributed by atoms with van der Waals surface area (Å²) in [5, 5.41) is 24.8. The first-order valence-electron chi connectivity index (χ1n) is 7.79. The number of nitro benzene ring substituents is 1. The Labute approximate surface area is 163 Å². The highest BCUT2D eigenvalue weighted by molar-refractivity contribution is 6.29. The number of carbonyl (C=O) groups excluding carboxylic acids is 1. The number of alkyl halides is 1. The monoisotopic (exact) mass is 406 g/mol. The first-order valence-corrected chi connectivity index (χ1v) is 8.33. The van der Waals surface area contributed by atoms with Crippen LogP contribution in [0.15, 0.2) is 41.7 Å². The molecule has 0 spiro atoms. The van der Waals surface area contributed by atoms with Gasteiger partial charge < -0.3 is 10.0 Å². The molecule has 0 unspecified atom stereocenters. The largest absolute Gasteiger partial charge is 0.477 e. The Morgan fingerprint density at radius 3 is 2.68 bits per heavy atom. The summed E-state index contributed by atoms with van der Waals surface area (Å²) in [4.78, 5) is 47.9. The SMILES string of the molecule is C=CCn1nc(-c2cccc([N+](=O)[O-])c2)c(N(C)C(=O)CCl)c(C(=O)O)c1=O. The second kappa shape index (κ2) is 8.44. The molecule has 2 aromatic rings. The summed E-state index contributed by atoms with van der Waals surface area (Å²) in [6.07, 6.45) is 1.34. The summed E-state index contributed by atoms with van der Waals surface area (Å²) in [7, 11) is 1.24. The standard InChI is InChI=1S/C17H15ClN4O6/c1-3-7-21-16(24)13(17(25)26)15(20(2)12(23)9-18)14(19-21)10-5-4-6-11(8-10)22(27)28/h3-6,8H,1,7,9H2,2H3,(H,25,26). The van der Waals surface area contributed by atoms with Crippen LogP contribution < -0.4 is 10.5 Å². The smallest absolute Gasteiger partial charge is 0.343 e. The van der Waals surface area contributed by atoms with E-state index < -0.39 is 33.8 Å². The van der Waals surface area contributed by atoms with Crippen molar-refractivity contribution in [3.63, 3.8) is 0 Å². The average Bonchev–Trinajstić information content (AvgIpc) is 2.67. The summed E-state index contributed by atoms with van der Waals surface area (Å²) in [5.41, 5.74) is -2.17. The summed E-state index contributed by atoms with van der Waals surface area (Å²) >= 11 is 5.57. The fourth-order valence-corrected chi connectivity index (χ4v) is 2.68. The van der Waals surface area contributed by atoms with E-state index in [0.29, 0.717) is 0 Å². The molecule has 11 heteroatoms. The van der Waals surface area contributed by atoms with Crippen LogP contribution >= 0.6 is 11.6 Å². The van der Waals surface area contributed by atoms with Gasteiger partial charge in [-0.1, -0.05) is 18.2 Å². The molecule has 0 aliphatic rings. The van der Waals surface area contributed by atoms with Gasteiger partial charge in [-0.2, -0.15) is 5.10 Å². The van der Waals surface area contributed by atoms with Crippen molar-refractivity contribution in [2.75, 3.05) is 17.8 Å². The van der Waals surface area contributed by atoms with Gasteiger partial charge in [-0.3, -0.25) is 19.7 Å². The fraction of sp³-hybridized carbons (Fsp3) is 0.176. The minimum atomic E-state index is -1.58. The fourth-order valence-electron chi connectivity index (χ4n) is 2.50. The van der Waals surface area contributed by atoms with E-state index in [9.17, 15) is 29.6 Å². The van der Waals surface area contributed by atoms with Crippen LogP contribution in [-0.4, -0.2) is 44.6 Å². The number of aromatic nitrogens is 2. The maximum Gasteiger partial charge on any atom is 0.343 e. The lowest BCUT2D eigenvalue weighted by Gasteiger charge is -2.22. The lowest BCUT2D eigenvalue weighted by molar-refractivity contribution is -0.384. The van der Waals surface area contributed by atoms with Crippen molar-refractivity contribution in [1.29, 1.82) is 0 Å². The molecule has 0 aliphatic heterocycles. The molecule has 10 nitrogen and oxygen atoms in total. The minimum absolute atomic E-state index is 0.0940. The van der Waals surface area contributed by atoms with Crippen molar-refractivity contribution in [2.45, 2.75) is 6.54 Å². The number of halogens is 1. The molecule has 0 saturated heterocycles. The van der Waals surface area contributed by atoms with E-state index in [1.165, 1.54) is 37.4 Å². The van der Waals surface area contributed by atoms with E-state index in [1.54, 1.807) is 0 Å². The third kappa shape index (κ3) is 3.91. The number of rotatable bonds is 7. The zero-order valence-corrected chi connectivity index (χ0v) is 15.4. The van der Waals surface area contributed by atoms with Gasteiger partial charge in [0.15, 0.2) is 5.56 Å². The molecule has 2 rings (SSSR count). The lowest BCUT2D eigenvalue weighted by Crippen LogP contribution is -2.36. The van der Waals surface area contributed by atoms with Gasteiger partial charge in [0.2, 0.25) is 5.91 Å². The number of carboxylic acids is 1. The van der Waals surface area contributed by atoms with Crippen LogP contribution in [0.4, 0.5) is 11.4 Å². The predicted octanol–water partition coefficient (Wildman–Crippen LogP) is 1.90. The van der Waals surface area contributed by atoms with Crippen LogP contribution in [0.1, 0.15) is 10.4 Å². The normalized spacial score (nSPS) is 10.4. The zero-order valence-electron chi connectivity index (χ0n) is 14.7. The van der Waals surface area contributed by atoms with E-state index in [4.69, 9.17) is 11.6 Å². The Morgan fingerprint density at radius 1 is 1.46 bits per heavy atom. The van der Waals surface area contributed by atoms with Gasteiger partial charge in [0.1, 0.15) is 11.6 Å². The molecule has 1 aromatic heterocycles. The molecule has 1 aromatic carbocycles. The van der Waals surface area contributed by atoms with Gasteiger partial charge in [0.25, 0.3) is 11.2 Å². The van der Waals surface area contributed by atoms with Crippen LogP contribution in [0.3, 0.4) is 0 Å². The van der Waals surface area contributed by atoms with Crippen molar-refractivity contribution in [1.82, 2.24) is 9.78 Å². The Balaban J connectivity index is 2.96. The second-order valence-electron chi connectivity index (χ2n) is 5.55. The van der Waals surface area contributed by atoms with Crippen molar-refractivity contribution in [3.8, 4) is 11.3 Å². The van der Waals surface area contributed by atoms with E-state index >= 15 is 0 Å². The summed E-state index contributed by atoms with van der Waals surface area (Å²) in [6.45, 7) is 3.39. The number of aromatic carboxylic acids is 1. The number of benzene rings is 1. The second-order valence-corrected chi connectivity index (χ2v) is 5.81. The average molecular weight is 407 g/mol. The molecule has 1 N–H and O–H groups in total. The van der Waals surface area contributed by atoms with Crippen LogP contribution in [0.2, 0.25) is 0 Å². The number of non-ortho nitro benzene ring substituents is 1. The Morgan fingerprint density at radius 2 is 2.14 bits per heavy atom. The van der Waals surface area contributed by atoms with Gasteiger partial charge in [-0.05, 0) is 0 Å². The summed E-state index contributed by atoms with van der Waals surface area (Å²) in [5.74, 6) is -2.74. The molecule has 146 valence electrons. The quantitative estimate of drug-likeness (QED) is 0.321. The van der Waals surface area contributed by atoms with Crippen molar-refractivity contribution < 1.29 is 19.6 Å². The highest BCUT2D eigenvalue weighted by atomic mass is 35.5. The molecule has 0 atom stereocenters. The Hall–Kier alpha value is -3.53. The zero-order chi connectivity index (χ0) is 21.0. The van der Waals surface area contributed by atoms with E-state index in [0.717, 1.165) is 9.58 Å². The van der Waals surface area contributed by atoms with E-state index in [1.807, 2.05) is 0 Å². The Bertz CT molecular complexity index is 1030. The molecule has 1 heterocycles. The third-order valence-corrected chi connectivity index (χ3v) is 4.03. The maximum atomic E-state index is 12.6. The van der Waals surface area contributed by atoms with Crippen molar-refractivity contribution >= 4 is 34.9 Å². The number of amides is 1. The summed E-state index contributed by atoms with van der Waals surface area (Å²) in [6, 6.07) is 5.24. The van der Waals surface area contributed by atoms with E-state index in [2.05, 4.69) is 11.7 Å². The van der Waals surface area contributed by atoms with Crippen LogP contribution in [-0.2, 0) is 11.3 Å². The third-order valence-electron chi connectivity index (χ3n) is 3.80. The molecule has 0 aliphatic carbocycles. The number of nitrogens with zero attached hydrogens (tertiary/aromatic N) is 4. The molecule has 1 amide bonds. The number of hydrogen-bond donors (Lipinski definition) is 1. The topological polar surface area (TPSA) is 136 Å². The first kappa shape index (κ1) is 20.8. The molecule has 0 saturated carbocycles. The van der Waals surface area contributed by atoms with Gasteiger partial charge in [-0.25, -0.2) is 9.48 Å². The molecular weight excluding hydrogens is 392 g/mol. The highest BCUT2D eigenvalue weighted by Gasteiger charge is 2.28. The molecule has 0 fully saturated rings. The molecular formula is C17H15ClN4O6. The van der Waals surface area contributed by atoms with Gasteiger partial charge in [0.05, 0.1) is 17.2 Å². The van der Waals surface area contributed by atoms with Crippen molar-refractivity contribution in [3.05, 3.63) is 63.0 Å². The predicted molar refractivity (Wildman–Crippen MR) is 102 cm³/mol. The van der Waals surface area contributed by atoms with Crippen molar-refractivity contribution in [2.24, 2.45) is 0 Å². The van der Waals surface area contributed by atoms with Gasteiger partial charge in [0, 0.05) is 24.7 Å². The van der Waals surface area contributed by atoms with Crippen LogP contribution in [0.25, 0.3) is 11.3 Å². The first-order chi connectivity index (χ1) is 13.2. The van der Waals surface area contributed by atoms with Crippen LogP contribution in [0, 0.1) is 10.1 Å². The summed E-state index contributed by atoms with van der Waals surface area (Å²) < 4.78 is 0.854. The van der Waals surface area contributed by atoms with E-state index in [-0.39, 0.29) is 29.2 Å². The molecule has 28 heavy (non-hydrogen) atoms. The highest BCUT2D eigenvalue weighted by Crippen LogP contribution is 2.32. The molecule has 0 radical (unpaired) electrons. The lowest BCUT2D eigenvalue weighted by atomic mass is 10.1. The maximum absolute atomic E-state index is 12.6. The molecule has 0 bridgehead atoms. The number of allylic oxidation sites excluding steroid dienone is 1. The van der Waals surface area contributed by atoms with Gasteiger partial charge in [-0.15, -0.1) is 18.2 Å². The number of anilines is 1. The number of carbonyl (C=O) groups is 2. The van der Waals surface area contributed by atoms with Crippen LogP contribution in [0.5, 0.6) is 0 Å². The minimum Gasteiger partial charge on any atom is -0.477 e. The number of hydrogen-bond acceptors (Lipinski definition) is 6. The van der Waals surface area contributed by atoms with Gasteiger partial charge >= 0.3 is 5.97 Å². The Kier molecular flexibility index (Phi) is 6.26. The number of carboxylic acid groups (broad SMARTS) is 1. The number of nitro groups is 1.